The fourth-order valence-corrected chi connectivity index (χ4v) is 14.0. The number of ether oxygens (including phenoxy) is 4. The number of carbonyl (C=O) groups is 4. The minimum absolute atomic E-state index is 0.109. The van der Waals surface area contributed by atoms with Crippen LogP contribution >= 0.6 is 15.6 Å². The highest BCUT2D eigenvalue weighted by Crippen LogP contribution is 2.45. The molecule has 0 aliphatic carbocycles. The first-order valence-electron chi connectivity index (χ1n) is 41.8. The number of carbonyl (C=O) groups excluding carboxylic acids is 4. The average Bonchev–Trinajstić information content (AvgIpc) is 1.09. The first kappa shape index (κ1) is 97.1. The molecule has 0 rings (SSSR count). The zero-order valence-electron chi connectivity index (χ0n) is 64.5. The molecular formula is C80H156O17P2. The van der Waals surface area contributed by atoms with Crippen molar-refractivity contribution in [2.75, 3.05) is 39.6 Å². The zero-order chi connectivity index (χ0) is 72.5. The van der Waals surface area contributed by atoms with Crippen molar-refractivity contribution in [2.24, 2.45) is 0 Å². The average molecular weight is 1450 g/mol. The first-order valence-corrected chi connectivity index (χ1v) is 44.8. The first-order chi connectivity index (χ1) is 48.2. The Balaban J connectivity index is 5.24. The van der Waals surface area contributed by atoms with Gasteiger partial charge >= 0.3 is 39.5 Å². The van der Waals surface area contributed by atoms with Crippen LogP contribution in [0.1, 0.15) is 432 Å². The molecule has 3 N–H and O–H groups in total. The molecule has 0 aliphatic rings. The quantitative estimate of drug-likeness (QED) is 0.0222. The zero-order valence-corrected chi connectivity index (χ0v) is 66.3. The number of rotatable bonds is 81. The fourth-order valence-electron chi connectivity index (χ4n) is 12.5. The smallest absolute Gasteiger partial charge is 0.462 e. The van der Waals surface area contributed by atoms with Crippen LogP contribution in [0.5, 0.6) is 0 Å². The molecule has 0 bridgehead atoms. The van der Waals surface area contributed by atoms with Crippen molar-refractivity contribution in [2.45, 2.75) is 451 Å². The summed E-state index contributed by atoms with van der Waals surface area (Å²) in [5, 5.41) is 10.6. The number of phosphoric ester groups is 2. The van der Waals surface area contributed by atoms with Crippen molar-refractivity contribution in [1.29, 1.82) is 0 Å². The van der Waals surface area contributed by atoms with E-state index in [1.165, 1.54) is 263 Å². The molecular weight excluding hydrogens is 1290 g/mol. The number of esters is 4. The van der Waals surface area contributed by atoms with E-state index in [4.69, 9.17) is 37.0 Å². The van der Waals surface area contributed by atoms with Crippen LogP contribution in [0.3, 0.4) is 0 Å². The van der Waals surface area contributed by atoms with E-state index in [0.29, 0.717) is 25.7 Å². The Morgan fingerprint density at radius 1 is 0.242 bits per heavy atom. The number of aliphatic hydroxyl groups excluding tert-OH is 1. The lowest BCUT2D eigenvalue weighted by atomic mass is 10.0. The maximum Gasteiger partial charge on any atom is 0.472 e. The number of phosphoric acid groups is 2. The van der Waals surface area contributed by atoms with Crippen molar-refractivity contribution in [3.63, 3.8) is 0 Å². The summed E-state index contributed by atoms with van der Waals surface area (Å²) in [4.78, 5) is 73.0. The van der Waals surface area contributed by atoms with Crippen molar-refractivity contribution in [1.82, 2.24) is 0 Å². The van der Waals surface area contributed by atoms with Gasteiger partial charge in [0.15, 0.2) is 12.2 Å². The molecule has 0 fully saturated rings. The van der Waals surface area contributed by atoms with Crippen LogP contribution in [-0.4, -0.2) is 96.7 Å². The summed E-state index contributed by atoms with van der Waals surface area (Å²) in [6, 6.07) is 0. The molecule has 0 saturated heterocycles. The molecule has 588 valence electrons. The molecule has 0 aromatic rings. The lowest BCUT2D eigenvalue weighted by molar-refractivity contribution is -0.161. The van der Waals surface area contributed by atoms with Gasteiger partial charge in [-0.05, 0) is 25.7 Å². The lowest BCUT2D eigenvalue weighted by Crippen LogP contribution is -2.30. The van der Waals surface area contributed by atoms with Gasteiger partial charge in [-0.3, -0.25) is 37.3 Å². The predicted octanol–water partition coefficient (Wildman–Crippen LogP) is 24.2. The molecule has 99 heavy (non-hydrogen) atoms. The summed E-state index contributed by atoms with van der Waals surface area (Å²) >= 11 is 0. The third-order valence-corrected chi connectivity index (χ3v) is 20.8. The van der Waals surface area contributed by atoms with E-state index in [9.17, 15) is 43.2 Å². The van der Waals surface area contributed by atoms with Gasteiger partial charge in [-0.2, -0.15) is 0 Å². The molecule has 0 spiro atoms. The SMILES string of the molecule is CCCCCCCCCCCCCCCCCCCC(=O)O[C@H](COC(=O)CCCCCCCCCCCCCCCCCC)COP(=O)(O)OC[C@@H](O)COP(=O)(O)OC[C@@H](COC(=O)CCCCCCCCCCCC)OC(=O)CCCCCCCCCCCCCCCCCC. The molecule has 0 saturated carbocycles. The topological polar surface area (TPSA) is 237 Å². The highest BCUT2D eigenvalue weighted by Gasteiger charge is 2.30. The highest BCUT2D eigenvalue weighted by molar-refractivity contribution is 7.47. The Morgan fingerprint density at radius 3 is 0.596 bits per heavy atom. The van der Waals surface area contributed by atoms with Crippen LogP contribution in [0.15, 0.2) is 0 Å². The van der Waals surface area contributed by atoms with Crippen molar-refractivity contribution < 1.29 is 80.2 Å². The summed E-state index contributed by atoms with van der Waals surface area (Å²) in [6.45, 7) is 5.02. The number of aliphatic hydroxyl groups is 1. The second-order valence-corrected chi connectivity index (χ2v) is 31.7. The van der Waals surface area contributed by atoms with E-state index in [2.05, 4.69) is 27.7 Å². The molecule has 5 atom stereocenters. The highest BCUT2D eigenvalue weighted by atomic mass is 31.2. The van der Waals surface area contributed by atoms with Crippen LogP contribution < -0.4 is 0 Å². The van der Waals surface area contributed by atoms with Gasteiger partial charge in [0, 0.05) is 25.7 Å². The minimum atomic E-state index is -4.96. The monoisotopic (exact) mass is 1450 g/mol. The van der Waals surface area contributed by atoms with Gasteiger partial charge in [0.1, 0.15) is 19.3 Å². The van der Waals surface area contributed by atoms with Crippen LogP contribution in [0, 0.1) is 0 Å². The Kier molecular flexibility index (Phi) is 72.9. The number of hydrogen-bond donors (Lipinski definition) is 3. The van der Waals surface area contributed by atoms with Crippen molar-refractivity contribution in [3.05, 3.63) is 0 Å². The van der Waals surface area contributed by atoms with E-state index in [1.54, 1.807) is 0 Å². The van der Waals surface area contributed by atoms with Gasteiger partial charge < -0.3 is 33.8 Å². The van der Waals surface area contributed by atoms with E-state index < -0.39 is 97.5 Å². The predicted molar refractivity (Wildman–Crippen MR) is 405 cm³/mol. The molecule has 0 heterocycles. The molecule has 19 heteroatoms. The van der Waals surface area contributed by atoms with Gasteiger partial charge in [-0.1, -0.05) is 381 Å². The normalized spacial score (nSPS) is 13.8. The summed E-state index contributed by atoms with van der Waals surface area (Å²) in [5.41, 5.74) is 0. The van der Waals surface area contributed by atoms with Gasteiger partial charge in [0.2, 0.25) is 0 Å². The fraction of sp³-hybridized carbons (Fsp3) is 0.950. The largest absolute Gasteiger partial charge is 0.472 e. The van der Waals surface area contributed by atoms with Gasteiger partial charge in [0.25, 0.3) is 0 Å². The molecule has 0 radical (unpaired) electrons. The maximum atomic E-state index is 13.1. The van der Waals surface area contributed by atoms with E-state index >= 15 is 0 Å². The van der Waals surface area contributed by atoms with Crippen LogP contribution in [0.2, 0.25) is 0 Å². The van der Waals surface area contributed by atoms with Crippen molar-refractivity contribution in [3.8, 4) is 0 Å². The van der Waals surface area contributed by atoms with E-state index in [1.807, 2.05) is 0 Å². The summed E-state index contributed by atoms with van der Waals surface area (Å²) in [6.07, 6.45) is 66.4. The maximum absolute atomic E-state index is 13.1. The number of unbranched alkanes of at least 4 members (excludes halogenated alkanes) is 55. The Labute approximate surface area is 607 Å². The Hall–Kier alpha value is -1.94. The Bertz CT molecular complexity index is 1880. The van der Waals surface area contributed by atoms with Crippen LogP contribution in [-0.2, 0) is 65.4 Å². The standard InChI is InChI=1S/C80H156O17P2/c1-5-9-13-17-21-25-29-32-35-38-41-44-47-51-55-59-63-67-80(85)97-76(71-91-78(83)65-61-57-53-49-45-42-39-36-33-30-26-22-18-14-10-6-2)73-95-99(88,89)93-69-74(81)68-92-98(86,87)94-72-75(70-90-77(82)64-60-56-52-48-28-24-20-16-12-8-4)96-79(84)66-62-58-54-50-46-43-40-37-34-31-27-23-19-15-11-7-3/h74-76,81H,5-73H2,1-4H3,(H,86,87)(H,88,89)/t74-,75+,76+/m0/s1. The second-order valence-electron chi connectivity index (χ2n) is 28.8. The van der Waals surface area contributed by atoms with E-state index in [0.717, 1.165) is 89.9 Å². The summed E-state index contributed by atoms with van der Waals surface area (Å²) in [7, 11) is -9.92. The number of hydrogen-bond acceptors (Lipinski definition) is 15. The van der Waals surface area contributed by atoms with E-state index in [-0.39, 0.29) is 25.7 Å². The lowest BCUT2D eigenvalue weighted by Gasteiger charge is -2.21. The summed E-state index contributed by atoms with van der Waals surface area (Å²) < 4.78 is 68.7. The molecule has 0 aliphatic heterocycles. The minimum Gasteiger partial charge on any atom is -0.462 e. The Morgan fingerprint density at radius 2 is 0.404 bits per heavy atom. The van der Waals surface area contributed by atoms with Gasteiger partial charge in [0.05, 0.1) is 26.4 Å². The van der Waals surface area contributed by atoms with Gasteiger partial charge in [-0.25, -0.2) is 9.13 Å². The third-order valence-electron chi connectivity index (χ3n) is 18.9. The second kappa shape index (κ2) is 74.3. The summed E-state index contributed by atoms with van der Waals surface area (Å²) in [5.74, 6) is -2.10. The molecule has 0 aromatic carbocycles. The van der Waals surface area contributed by atoms with Crippen LogP contribution in [0.25, 0.3) is 0 Å². The molecule has 2 unspecified atom stereocenters. The molecule has 17 nitrogen and oxygen atoms in total. The van der Waals surface area contributed by atoms with Crippen molar-refractivity contribution >= 4 is 39.5 Å². The molecule has 0 aromatic heterocycles. The van der Waals surface area contributed by atoms with Gasteiger partial charge in [-0.15, -0.1) is 0 Å². The molecule has 0 amide bonds. The third kappa shape index (κ3) is 74.1. The van der Waals surface area contributed by atoms with Crippen LogP contribution in [0.4, 0.5) is 0 Å².